The summed E-state index contributed by atoms with van der Waals surface area (Å²) >= 11 is 6.94. The third kappa shape index (κ3) is 4.23. The summed E-state index contributed by atoms with van der Waals surface area (Å²) in [4.78, 5) is 4.81. The first-order valence-electron chi connectivity index (χ1n) is 6.14. The first-order chi connectivity index (χ1) is 8.65. The molecular formula is C13H18Br2N2O. The van der Waals surface area contributed by atoms with Crippen molar-refractivity contribution < 1.29 is 4.74 Å². The van der Waals surface area contributed by atoms with Crippen LogP contribution in [-0.4, -0.2) is 56.2 Å². The van der Waals surface area contributed by atoms with E-state index < -0.39 is 0 Å². The predicted molar refractivity (Wildman–Crippen MR) is 81.3 cm³/mol. The second-order valence-corrected chi connectivity index (χ2v) is 6.34. The molecule has 1 fully saturated rings. The molecule has 1 aliphatic rings. The zero-order valence-electron chi connectivity index (χ0n) is 10.5. The molecule has 0 aromatic heterocycles. The number of hydrogen-bond acceptors (Lipinski definition) is 3. The fourth-order valence-corrected chi connectivity index (χ4v) is 3.11. The summed E-state index contributed by atoms with van der Waals surface area (Å²) in [6.45, 7) is 6.33. The largest absolute Gasteiger partial charge is 0.491 e. The summed E-state index contributed by atoms with van der Waals surface area (Å²) in [6, 6.07) is 5.99. The molecule has 0 N–H and O–H groups in total. The standard InChI is InChI=1S/C13H18Br2N2O/c1-16-4-6-17(7-5-16)8-9-18-13-3-2-11(14)10-12(13)15/h2-3,10H,4-9H2,1H3. The molecule has 0 saturated carbocycles. The van der Waals surface area contributed by atoms with Crippen molar-refractivity contribution in [3.05, 3.63) is 27.1 Å². The molecule has 1 aromatic rings. The van der Waals surface area contributed by atoms with Gasteiger partial charge in [-0.2, -0.15) is 0 Å². The topological polar surface area (TPSA) is 15.7 Å². The summed E-state index contributed by atoms with van der Waals surface area (Å²) in [5.41, 5.74) is 0. The van der Waals surface area contributed by atoms with Gasteiger partial charge in [-0.3, -0.25) is 4.90 Å². The summed E-state index contributed by atoms with van der Waals surface area (Å²) in [7, 11) is 2.17. The lowest BCUT2D eigenvalue weighted by atomic mass is 10.3. The lowest BCUT2D eigenvalue weighted by Crippen LogP contribution is -2.45. The molecule has 0 atom stereocenters. The summed E-state index contributed by atoms with van der Waals surface area (Å²) in [5, 5.41) is 0. The first kappa shape index (κ1) is 14.3. The Labute approximate surface area is 125 Å². The van der Waals surface area contributed by atoms with Crippen molar-refractivity contribution in [2.45, 2.75) is 0 Å². The second kappa shape index (κ2) is 6.89. The molecule has 0 radical (unpaired) electrons. The van der Waals surface area contributed by atoms with Gasteiger partial charge in [0, 0.05) is 37.2 Å². The van der Waals surface area contributed by atoms with Crippen LogP contribution >= 0.6 is 31.9 Å². The van der Waals surface area contributed by atoms with Gasteiger partial charge in [0.1, 0.15) is 12.4 Å². The molecule has 0 spiro atoms. The Morgan fingerprint density at radius 1 is 1.17 bits per heavy atom. The SMILES string of the molecule is CN1CCN(CCOc2ccc(Br)cc2Br)CC1. The van der Waals surface area contributed by atoms with Gasteiger partial charge >= 0.3 is 0 Å². The average Bonchev–Trinajstić information content (AvgIpc) is 2.34. The molecule has 2 rings (SSSR count). The fourth-order valence-electron chi connectivity index (χ4n) is 1.95. The maximum absolute atomic E-state index is 5.80. The van der Waals surface area contributed by atoms with Crippen molar-refractivity contribution in [2.75, 3.05) is 46.4 Å². The average molecular weight is 378 g/mol. The van der Waals surface area contributed by atoms with Crippen LogP contribution in [-0.2, 0) is 0 Å². The Kier molecular flexibility index (Phi) is 5.48. The van der Waals surface area contributed by atoms with Gasteiger partial charge in [-0.15, -0.1) is 0 Å². The van der Waals surface area contributed by atoms with E-state index >= 15 is 0 Å². The van der Waals surface area contributed by atoms with Gasteiger partial charge in [-0.05, 0) is 41.2 Å². The number of piperazine rings is 1. The van der Waals surface area contributed by atoms with E-state index in [1.54, 1.807) is 0 Å². The van der Waals surface area contributed by atoms with Crippen LogP contribution in [0.2, 0.25) is 0 Å². The summed E-state index contributed by atoms with van der Waals surface area (Å²) in [6.07, 6.45) is 0. The molecule has 0 amide bonds. The maximum atomic E-state index is 5.80. The highest BCUT2D eigenvalue weighted by Crippen LogP contribution is 2.28. The van der Waals surface area contributed by atoms with Crippen molar-refractivity contribution in [2.24, 2.45) is 0 Å². The molecule has 18 heavy (non-hydrogen) atoms. The van der Waals surface area contributed by atoms with E-state index in [2.05, 4.69) is 48.7 Å². The number of nitrogens with zero attached hydrogens (tertiary/aromatic N) is 2. The van der Waals surface area contributed by atoms with E-state index in [0.29, 0.717) is 0 Å². The molecule has 3 nitrogen and oxygen atoms in total. The molecular weight excluding hydrogens is 360 g/mol. The van der Waals surface area contributed by atoms with Crippen LogP contribution in [0.5, 0.6) is 5.75 Å². The third-order valence-corrected chi connectivity index (χ3v) is 4.27. The highest BCUT2D eigenvalue weighted by atomic mass is 79.9. The monoisotopic (exact) mass is 376 g/mol. The molecule has 100 valence electrons. The van der Waals surface area contributed by atoms with E-state index in [1.165, 1.54) is 0 Å². The quantitative estimate of drug-likeness (QED) is 0.802. The van der Waals surface area contributed by atoms with E-state index in [0.717, 1.165) is 54.0 Å². The van der Waals surface area contributed by atoms with Crippen molar-refractivity contribution in [1.82, 2.24) is 9.80 Å². The number of benzene rings is 1. The van der Waals surface area contributed by atoms with Crippen LogP contribution in [0, 0.1) is 0 Å². The molecule has 0 aliphatic carbocycles. The molecule has 1 aliphatic heterocycles. The smallest absolute Gasteiger partial charge is 0.133 e. The third-order valence-electron chi connectivity index (χ3n) is 3.15. The predicted octanol–water partition coefficient (Wildman–Crippen LogP) is 2.84. The molecule has 0 bridgehead atoms. The summed E-state index contributed by atoms with van der Waals surface area (Å²) in [5.74, 6) is 0.910. The molecule has 0 unspecified atom stereocenters. The van der Waals surface area contributed by atoms with Crippen LogP contribution in [0.15, 0.2) is 27.1 Å². The molecule has 5 heteroatoms. The minimum Gasteiger partial charge on any atom is -0.491 e. The highest BCUT2D eigenvalue weighted by molar-refractivity contribution is 9.11. The fraction of sp³-hybridized carbons (Fsp3) is 0.538. The number of rotatable bonds is 4. The second-order valence-electron chi connectivity index (χ2n) is 4.57. The molecule has 1 saturated heterocycles. The van der Waals surface area contributed by atoms with Crippen LogP contribution in [0.25, 0.3) is 0 Å². The zero-order chi connectivity index (χ0) is 13.0. The lowest BCUT2D eigenvalue weighted by Gasteiger charge is -2.32. The van der Waals surface area contributed by atoms with Gasteiger partial charge in [0.2, 0.25) is 0 Å². The Morgan fingerprint density at radius 2 is 1.89 bits per heavy atom. The zero-order valence-corrected chi connectivity index (χ0v) is 13.7. The van der Waals surface area contributed by atoms with E-state index in [9.17, 15) is 0 Å². The highest BCUT2D eigenvalue weighted by Gasteiger charge is 2.13. The number of ether oxygens (including phenoxy) is 1. The van der Waals surface area contributed by atoms with E-state index in [4.69, 9.17) is 4.74 Å². The summed E-state index contributed by atoms with van der Waals surface area (Å²) < 4.78 is 7.85. The Hall–Kier alpha value is -0.100. The lowest BCUT2D eigenvalue weighted by molar-refractivity contribution is 0.133. The minimum atomic E-state index is 0.740. The van der Waals surface area contributed by atoms with Gasteiger partial charge < -0.3 is 9.64 Å². The van der Waals surface area contributed by atoms with Crippen LogP contribution in [0.1, 0.15) is 0 Å². The molecule has 1 aromatic carbocycles. The van der Waals surface area contributed by atoms with Gasteiger partial charge in [0.25, 0.3) is 0 Å². The van der Waals surface area contributed by atoms with Crippen molar-refractivity contribution in [3.8, 4) is 5.75 Å². The van der Waals surface area contributed by atoms with Gasteiger partial charge in [0.05, 0.1) is 4.47 Å². The first-order valence-corrected chi connectivity index (χ1v) is 7.72. The van der Waals surface area contributed by atoms with Crippen molar-refractivity contribution in [3.63, 3.8) is 0 Å². The van der Waals surface area contributed by atoms with E-state index in [-0.39, 0.29) is 0 Å². The van der Waals surface area contributed by atoms with Crippen LogP contribution in [0.3, 0.4) is 0 Å². The normalized spacial score (nSPS) is 17.9. The van der Waals surface area contributed by atoms with Crippen molar-refractivity contribution >= 4 is 31.9 Å². The Balaban J connectivity index is 1.75. The number of likely N-dealkylation sites (N-methyl/N-ethyl adjacent to an activating group) is 1. The van der Waals surface area contributed by atoms with Gasteiger partial charge in [0.15, 0.2) is 0 Å². The Bertz CT molecular complexity index is 393. The Morgan fingerprint density at radius 3 is 2.56 bits per heavy atom. The van der Waals surface area contributed by atoms with Gasteiger partial charge in [-0.1, -0.05) is 15.9 Å². The van der Waals surface area contributed by atoms with Crippen LogP contribution < -0.4 is 4.74 Å². The van der Waals surface area contributed by atoms with Crippen molar-refractivity contribution in [1.29, 1.82) is 0 Å². The van der Waals surface area contributed by atoms with Gasteiger partial charge in [-0.25, -0.2) is 0 Å². The maximum Gasteiger partial charge on any atom is 0.133 e. The number of halogens is 2. The minimum absolute atomic E-state index is 0.740. The number of hydrogen-bond donors (Lipinski definition) is 0. The van der Waals surface area contributed by atoms with E-state index in [1.807, 2.05) is 18.2 Å². The van der Waals surface area contributed by atoms with Crippen LogP contribution in [0.4, 0.5) is 0 Å². The molecule has 1 heterocycles.